The van der Waals surface area contributed by atoms with Gasteiger partial charge in [0.25, 0.3) is 0 Å². The van der Waals surface area contributed by atoms with Gasteiger partial charge in [-0.2, -0.15) is 10.2 Å². The molecule has 7 nitrogen and oxygen atoms in total. The summed E-state index contributed by atoms with van der Waals surface area (Å²) in [6.45, 7) is 0. The van der Waals surface area contributed by atoms with Crippen molar-refractivity contribution in [2.75, 3.05) is 12.4 Å². The Balaban J connectivity index is 1.74. The Morgan fingerprint density at radius 3 is 2.19 bits per heavy atom. The molecule has 0 aliphatic heterocycles. The van der Waals surface area contributed by atoms with Crippen molar-refractivity contribution in [2.24, 2.45) is 14.1 Å². The van der Waals surface area contributed by atoms with Crippen LogP contribution in [-0.2, 0) is 14.1 Å². The van der Waals surface area contributed by atoms with Gasteiger partial charge in [-0.15, -0.1) is 0 Å². The molecular weight excluding hydrogens is 326 g/mol. The summed E-state index contributed by atoms with van der Waals surface area (Å²) in [4.78, 5) is 9.28. The van der Waals surface area contributed by atoms with Crippen molar-refractivity contribution in [3.05, 3.63) is 55.2 Å². The second-order valence-corrected chi connectivity index (χ2v) is 6.09. The second kappa shape index (κ2) is 6.44. The fourth-order valence-electron chi connectivity index (χ4n) is 2.89. The second-order valence-electron chi connectivity index (χ2n) is 6.09. The van der Waals surface area contributed by atoms with E-state index in [0.717, 1.165) is 33.6 Å². The Kier molecular flexibility index (Phi) is 3.96. The molecule has 4 rings (SSSR count). The third-order valence-electron chi connectivity index (χ3n) is 4.20. The van der Waals surface area contributed by atoms with Gasteiger partial charge in [-0.3, -0.25) is 9.36 Å². The molecule has 4 aromatic rings. The maximum atomic E-state index is 4.71. The highest BCUT2D eigenvalue weighted by Gasteiger charge is 2.12. The molecule has 0 atom stereocenters. The summed E-state index contributed by atoms with van der Waals surface area (Å²) >= 11 is 0. The number of anilines is 1. The molecule has 0 radical (unpaired) electrons. The summed E-state index contributed by atoms with van der Waals surface area (Å²) in [5.41, 5.74) is 5.01. The van der Waals surface area contributed by atoms with Crippen molar-refractivity contribution in [3.8, 4) is 33.6 Å². The average molecular weight is 345 g/mol. The van der Waals surface area contributed by atoms with Crippen LogP contribution in [0.3, 0.4) is 0 Å². The third kappa shape index (κ3) is 2.95. The van der Waals surface area contributed by atoms with E-state index in [1.54, 1.807) is 9.36 Å². The van der Waals surface area contributed by atoms with E-state index in [4.69, 9.17) is 4.98 Å². The number of rotatable bonds is 4. The summed E-state index contributed by atoms with van der Waals surface area (Å²) in [5.74, 6) is 1.45. The van der Waals surface area contributed by atoms with Gasteiger partial charge in [0.1, 0.15) is 5.82 Å². The van der Waals surface area contributed by atoms with Crippen LogP contribution in [0.4, 0.5) is 5.82 Å². The van der Waals surface area contributed by atoms with Crippen LogP contribution in [-0.4, -0.2) is 36.6 Å². The molecule has 7 heteroatoms. The van der Waals surface area contributed by atoms with Crippen molar-refractivity contribution in [3.63, 3.8) is 0 Å². The minimum absolute atomic E-state index is 0.674. The van der Waals surface area contributed by atoms with Crippen LogP contribution in [0.25, 0.3) is 33.6 Å². The monoisotopic (exact) mass is 345 g/mol. The first kappa shape index (κ1) is 16.0. The number of hydrogen-bond donors (Lipinski definition) is 1. The SMILES string of the molecule is CNc1nc(-c2cccc(-c3cnn(C)c3)c2)ncc1-c1cnn(C)c1. The number of aromatic nitrogens is 6. The first-order valence-corrected chi connectivity index (χ1v) is 8.27. The highest BCUT2D eigenvalue weighted by Crippen LogP contribution is 2.29. The molecule has 0 fully saturated rings. The lowest BCUT2D eigenvalue weighted by Crippen LogP contribution is -1.99. The Morgan fingerprint density at radius 1 is 0.846 bits per heavy atom. The molecular formula is C19H19N7. The molecule has 3 aromatic heterocycles. The van der Waals surface area contributed by atoms with Crippen LogP contribution in [0.5, 0.6) is 0 Å². The molecule has 0 amide bonds. The smallest absolute Gasteiger partial charge is 0.161 e. The van der Waals surface area contributed by atoms with Crippen LogP contribution in [0.2, 0.25) is 0 Å². The van der Waals surface area contributed by atoms with Gasteiger partial charge in [0.2, 0.25) is 0 Å². The number of nitrogens with zero attached hydrogens (tertiary/aromatic N) is 6. The van der Waals surface area contributed by atoms with E-state index in [-0.39, 0.29) is 0 Å². The van der Waals surface area contributed by atoms with E-state index >= 15 is 0 Å². The van der Waals surface area contributed by atoms with Crippen LogP contribution in [0.1, 0.15) is 0 Å². The molecule has 3 heterocycles. The molecule has 1 aromatic carbocycles. The van der Waals surface area contributed by atoms with E-state index in [1.165, 1.54) is 0 Å². The zero-order chi connectivity index (χ0) is 18.1. The summed E-state index contributed by atoms with van der Waals surface area (Å²) in [6.07, 6.45) is 9.43. The van der Waals surface area contributed by atoms with Gasteiger partial charge in [0.05, 0.1) is 12.4 Å². The van der Waals surface area contributed by atoms with Gasteiger partial charge >= 0.3 is 0 Å². The molecule has 0 spiro atoms. The van der Waals surface area contributed by atoms with E-state index in [9.17, 15) is 0 Å². The van der Waals surface area contributed by atoms with Gasteiger partial charge in [0, 0.05) is 62.0 Å². The van der Waals surface area contributed by atoms with Crippen LogP contribution < -0.4 is 5.32 Å². The highest BCUT2D eigenvalue weighted by molar-refractivity contribution is 5.76. The van der Waals surface area contributed by atoms with Crippen molar-refractivity contribution < 1.29 is 0 Å². The van der Waals surface area contributed by atoms with E-state index in [1.807, 2.05) is 64.3 Å². The molecule has 0 aliphatic carbocycles. The zero-order valence-corrected chi connectivity index (χ0v) is 14.9. The summed E-state index contributed by atoms with van der Waals surface area (Å²) < 4.78 is 3.56. The van der Waals surface area contributed by atoms with E-state index < -0.39 is 0 Å². The molecule has 130 valence electrons. The summed E-state index contributed by atoms with van der Waals surface area (Å²) in [7, 11) is 5.66. The van der Waals surface area contributed by atoms with E-state index in [0.29, 0.717) is 5.82 Å². The first-order chi connectivity index (χ1) is 12.6. The number of aryl methyl sites for hydroxylation is 2. The molecule has 0 aliphatic rings. The number of nitrogens with one attached hydrogen (secondary N) is 1. The molecule has 1 N–H and O–H groups in total. The predicted octanol–water partition coefficient (Wildman–Crippen LogP) is 2.99. The summed E-state index contributed by atoms with van der Waals surface area (Å²) in [5, 5.41) is 11.6. The van der Waals surface area contributed by atoms with Gasteiger partial charge in [-0.1, -0.05) is 18.2 Å². The lowest BCUT2D eigenvalue weighted by molar-refractivity contribution is 0.768. The number of hydrogen-bond acceptors (Lipinski definition) is 5. The van der Waals surface area contributed by atoms with Gasteiger partial charge in [0.15, 0.2) is 5.82 Å². The maximum absolute atomic E-state index is 4.71. The minimum atomic E-state index is 0.674. The standard InChI is InChI=1S/C19H19N7/c1-20-19-17(16-9-23-26(3)12-16)10-21-18(24-19)14-6-4-5-13(7-14)15-8-22-25(2)11-15/h4-12H,1-3H3,(H,20,21,24). The normalized spacial score (nSPS) is 10.9. The fraction of sp³-hybridized carbons (Fsp3) is 0.158. The largest absolute Gasteiger partial charge is 0.373 e. The lowest BCUT2D eigenvalue weighted by atomic mass is 10.1. The quantitative estimate of drug-likeness (QED) is 0.615. The molecule has 0 saturated heterocycles. The lowest BCUT2D eigenvalue weighted by Gasteiger charge is -2.09. The molecule has 26 heavy (non-hydrogen) atoms. The average Bonchev–Trinajstić information content (AvgIpc) is 3.29. The molecule has 0 saturated carbocycles. The van der Waals surface area contributed by atoms with E-state index in [2.05, 4.69) is 32.6 Å². The molecule has 0 unspecified atom stereocenters. The van der Waals surface area contributed by atoms with Crippen molar-refractivity contribution >= 4 is 5.82 Å². The Bertz CT molecular complexity index is 1060. The van der Waals surface area contributed by atoms with Crippen LogP contribution in [0.15, 0.2) is 55.2 Å². The Labute approximate surface area is 151 Å². The van der Waals surface area contributed by atoms with Crippen LogP contribution >= 0.6 is 0 Å². The van der Waals surface area contributed by atoms with Crippen LogP contribution in [0, 0.1) is 0 Å². The maximum Gasteiger partial charge on any atom is 0.161 e. The third-order valence-corrected chi connectivity index (χ3v) is 4.20. The first-order valence-electron chi connectivity index (χ1n) is 8.27. The number of benzene rings is 1. The van der Waals surface area contributed by atoms with Crippen molar-refractivity contribution in [2.45, 2.75) is 0 Å². The predicted molar refractivity (Wildman–Crippen MR) is 101 cm³/mol. The topological polar surface area (TPSA) is 73.5 Å². The summed E-state index contributed by atoms with van der Waals surface area (Å²) in [6, 6.07) is 8.16. The van der Waals surface area contributed by atoms with Crippen molar-refractivity contribution in [1.82, 2.24) is 29.5 Å². The van der Waals surface area contributed by atoms with Gasteiger partial charge < -0.3 is 5.32 Å². The van der Waals surface area contributed by atoms with Gasteiger partial charge in [-0.25, -0.2) is 9.97 Å². The fourth-order valence-corrected chi connectivity index (χ4v) is 2.89. The highest BCUT2D eigenvalue weighted by atomic mass is 15.2. The molecule has 0 bridgehead atoms. The Morgan fingerprint density at radius 2 is 1.54 bits per heavy atom. The van der Waals surface area contributed by atoms with Crippen molar-refractivity contribution in [1.29, 1.82) is 0 Å². The zero-order valence-electron chi connectivity index (χ0n) is 14.9. The van der Waals surface area contributed by atoms with Gasteiger partial charge in [-0.05, 0) is 11.6 Å². The minimum Gasteiger partial charge on any atom is -0.373 e. The Hall–Kier alpha value is -3.48.